The molecule has 1 fully saturated rings. The van der Waals surface area contributed by atoms with Gasteiger partial charge in [-0.2, -0.15) is 5.26 Å². The van der Waals surface area contributed by atoms with Crippen LogP contribution in [0.4, 0.5) is 9.39 Å². The summed E-state index contributed by atoms with van der Waals surface area (Å²) in [6, 6.07) is 2.40. The first-order valence-corrected chi connectivity index (χ1v) is 16.8. The summed E-state index contributed by atoms with van der Waals surface area (Å²) in [7, 11) is 0. The smallest absolute Gasteiger partial charge is 0.199 e. The number of aliphatic imine (C=N–C) groups is 1. The van der Waals surface area contributed by atoms with Crippen molar-refractivity contribution in [2.75, 3.05) is 25.5 Å². The number of halogens is 1. The highest BCUT2D eigenvalue weighted by atomic mass is 32.1. The highest BCUT2D eigenvalue weighted by Gasteiger charge is 2.40. The Morgan fingerprint density at radius 2 is 2.00 bits per heavy atom. The van der Waals surface area contributed by atoms with E-state index < -0.39 is 5.82 Å². The van der Waals surface area contributed by atoms with E-state index in [1.54, 1.807) is 0 Å². The molecule has 4 atom stereocenters. The number of nitriles is 1. The van der Waals surface area contributed by atoms with Gasteiger partial charge in [0, 0.05) is 35.3 Å². The SMILES string of the molecule is CC.CCC1=C(c2ncc(F)c3sc(N)c(C#N)c23)C2=C(COC2)C2=CNC(N3CCC(C)C3C)=NC21.CCCC[C@H](C)O. The number of nitrogens with one attached hydrogen (secondary N) is 1. The van der Waals surface area contributed by atoms with Crippen LogP contribution >= 0.6 is 11.3 Å². The summed E-state index contributed by atoms with van der Waals surface area (Å²) in [6.45, 7) is 16.5. The number of nitrogens with zero attached hydrogens (tertiary/aromatic N) is 4. The van der Waals surface area contributed by atoms with Gasteiger partial charge in [-0.05, 0) is 55.7 Å². The van der Waals surface area contributed by atoms with Gasteiger partial charge in [0.2, 0.25) is 0 Å². The molecule has 0 radical (unpaired) electrons. The molecule has 0 amide bonds. The van der Waals surface area contributed by atoms with Gasteiger partial charge < -0.3 is 25.8 Å². The Bertz CT molecular complexity index is 1530. The van der Waals surface area contributed by atoms with Crippen LogP contribution in [0.3, 0.4) is 0 Å². The molecule has 6 rings (SSSR count). The molecule has 1 saturated heterocycles. The third-order valence-electron chi connectivity index (χ3n) is 8.87. The summed E-state index contributed by atoms with van der Waals surface area (Å²) in [6.07, 6.45) is 8.39. The summed E-state index contributed by atoms with van der Waals surface area (Å²) in [5.41, 5.74) is 12.3. The molecule has 4 N–H and O–H groups in total. The second-order valence-corrected chi connectivity index (χ2v) is 12.7. The second kappa shape index (κ2) is 14.7. The fraction of sp³-hybridized carbons (Fsp3) is 0.559. The van der Waals surface area contributed by atoms with Crippen molar-refractivity contribution in [2.24, 2.45) is 10.9 Å². The molecule has 1 aliphatic carbocycles. The number of nitrogen functional groups attached to an aromatic ring is 1. The topological polar surface area (TPSA) is 120 Å². The molecule has 5 heterocycles. The van der Waals surface area contributed by atoms with Crippen LogP contribution < -0.4 is 11.1 Å². The molecule has 2 aromatic rings. The molecule has 238 valence electrons. The minimum Gasteiger partial charge on any atom is -0.393 e. The van der Waals surface area contributed by atoms with Crippen LogP contribution in [0.1, 0.15) is 91.8 Å². The lowest BCUT2D eigenvalue weighted by Crippen LogP contribution is -2.45. The van der Waals surface area contributed by atoms with Crippen LogP contribution in [0.15, 0.2) is 39.7 Å². The van der Waals surface area contributed by atoms with E-state index in [1.165, 1.54) is 12.6 Å². The number of ether oxygens (including phenoxy) is 1. The number of pyridine rings is 1. The zero-order chi connectivity index (χ0) is 32.1. The minimum atomic E-state index is -0.465. The molecule has 3 aliphatic heterocycles. The van der Waals surface area contributed by atoms with E-state index in [4.69, 9.17) is 20.6 Å². The van der Waals surface area contributed by atoms with Crippen LogP contribution in [-0.4, -0.2) is 58.9 Å². The predicted octanol–water partition coefficient (Wildman–Crippen LogP) is 6.92. The number of unbranched alkanes of at least 4 members (excludes halogenated alkanes) is 1. The number of hydrogen-bond acceptors (Lipinski definition) is 9. The van der Waals surface area contributed by atoms with E-state index in [2.05, 4.69) is 55.2 Å². The maximum absolute atomic E-state index is 14.8. The molecule has 3 unspecified atom stereocenters. The van der Waals surface area contributed by atoms with Crippen LogP contribution in [0, 0.1) is 23.1 Å². The number of hydrogen-bond donors (Lipinski definition) is 3. The van der Waals surface area contributed by atoms with Gasteiger partial charge in [0.15, 0.2) is 11.8 Å². The molecule has 44 heavy (non-hydrogen) atoms. The molecule has 2 aromatic heterocycles. The van der Waals surface area contributed by atoms with Crippen molar-refractivity contribution < 1.29 is 14.2 Å². The van der Waals surface area contributed by atoms with E-state index in [9.17, 15) is 9.65 Å². The van der Waals surface area contributed by atoms with Gasteiger partial charge in [-0.25, -0.2) is 9.38 Å². The molecule has 0 bridgehead atoms. The highest BCUT2D eigenvalue weighted by molar-refractivity contribution is 7.23. The number of aliphatic hydroxyl groups excluding tert-OH is 1. The van der Waals surface area contributed by atoms with Crippen molar-refractivity contribution in [1.82, 2.24) is 15.2 Å². The predicted molar refractivity (Wildman–Crippen MR) is 179 cm³/mol. The lowest BCUT2D eigenvalue weighted by atomic mass is 9.77. The number of thiophene rings is 1. The van der Waals surface area contributed by atoms with Crippen LogP contribution in [-0.2, 0) is 4.74 Å². The number of aromatic nitrogens is 1. The first kappa shape index (κ1) is 33.6. The lowest BCUT2D eigenvalue weighted by molar-refractivity contribution is 0.181. The Morgan fingerprint density at radius 1 is 1.27 bits per heavy atom. The average molecular weight is 623 g/mol. The van der Waals surface area contributed by atoms with E-state index in [0.717, 1.165) is 77.4 Å². The van der Waals surface area contributed by atoms with Crippen molar-refractivity contribution in [2.45, 2.75) is 98.8 Å². The summed E-state index contributed by atoms with van der Waals surface area (Å²) < 4.78 is 21.0. The van der Waals surface area contributed by atoms with Gasteiger partial charge in [0.1, 0.15) is 17.1 Å². The summed E-state index contributed by atoms with van der Waals surface area (Å²) in [5, 5.41) is 22.8. The Hall–Kier alpha value is -3.26. The molecule has 10 heteroatoms. The van der Waals surface area contributed by atoms with E-state index in [1.807, 2.05) is 20.8 Å². The molecule has 0 saturated carbocycles. The number of anilines is 1. The Labute approximate surface area is 265 Å². The molecule has 4 aliphatic rings. The van der Waals surface area contributed by atoms with Crippen molar-refractivity contribution in [3.63, 3.8) is 0 Å². The Kier molecular flexibility index (Phi) is 11.2. The largest absolute Gasteiger partial charge is 0.393 e. The Morgan fingerprint density at radius 3 is 2.59 bits per heavy atom. The second-order valence-electron chi connectivity index (χ2n) is 11.6. The molecular formula is C34H47FN6O2S. The normalized spacial score (nSPS) is 23.0. The number of likely N-dealkylation sites (tertiary alicyclic amines) is 1. The van der Waals surface area contributed by atoms with Gasteiger partial charge in [0.05, 0.1) is 41.5 Å². The minimum absolute atomic E-state index is 0.0973. The third kappa shape index (κ3) is 6.28. The monoisotopic (exact) mass is 622 g/mol. The summed E-state index contributed by atoms with van der Waals surface area (Å²) in [4.78, 5) is 12.1. The number of rotatable bonds is 5. The van der Waals surface area contributed by atoms with Crippen molar-refractivity contribution in [1.29, 1.82) is 5.26 Å². The number of fused-ring (bicyclic) bond motifs is 3. The van der Waals surface area contributed by atoms with Crippen molar-refractivity contribution in [3.05, 3.63) is 51.8 Å². The van der Waals surface area contributed by atoms with E-state index in [0.29, 0.717) is 46.0 Å². The van der Waals surface area contributed by atoms with E-state index >= 15 is 0 Å². The highest BCUT2D eigenvalue weighted by Crippen LogP contribution is 2.48. The zero-order valence-corrected chi connectivity index (χ0v) is 27.9. The van der Waals surface area contributed by atoms with Crippen LogP contribution in [0.25, 0.3) is 15.7 Å². The fourth-order valence-corrected chi connectivity index (χ4v) is 7.23. The van der Waals surface area contributed by atoms with Crippen molar-refractivity contribution >= 4 is 38.0 Å². The fourth-order valence-electron chi connectivity index (χ4n) is 6.31. The maximum Gasteiger partial charge on any atom is 0.199 e. The first-order chi connectivity index (χ1) is 21.2. The number of aliphatic hydroxyl groups is 1. The molecule has 0 aromatic carbocycles. The third-order valence-corrected chi connectivity index (χ3v) is 9.90. The standard InChI is InChI=1S/C26H27FN6OS.C6H14O.C2H6/c1-4-14-20(23-21-15(7-28)25(29)35-24(21)19(27)9-30-23)18-11-34-10-17(18)16-8-31-26(32-22(14)16)33-6-5-12(2)13(33)3;1-3-4-5-6(2)7;1-2/h8-9,12-13,22H,4-6,10-11,29H2,1-3H3,(H,31,32);6-7H,3-5H2,1-2H3;1-2H3/t;6-;/m.0./s1. The zero-order valence-electron chi connectivity index (χ0n) is 27.1. The first-order valence-electron chi connectivity index (χ1n) is 16.0. The van der Waals surface area contributed by atoms with E-state index in [-0.39, 0.29) is 17.7 Å². The molecular weight excluding hydrogens is 575 g/mol. The van der Waals surface area contributed by atoms with Gasteiger partial charge in [-0.3, -0.25) is 4.98 Å². The average Bonchev–Trinajstić information content (AvgIpc) is 3.74. The molecule has 0 spiro atoms. The van der Waals surface area contributed by atoms with Gasteiger partial charge in [-0.1, -0.05) is 47.5 Å². The van der Waals surface area contributed by atoms with Crippen molar-refractivity contribution in [3.8, 4) is 6.07 Å². The van der Waals surface area contributed by atoms with Gasteiger partial charge in [-0.15, -0.1) is 11.3 Å². The number of guanidine groups is 1. The summed E-state index contributed by atoms with van der Waals surface area (Å²) >= 11 is 1.10. The quantitative estimate of drug-likeness (QED) is 0.331. The number of nitrogens with two attached hydrogens (primary N) is 1. The lowest BCUT2D eigenvalue weighted by Gasteiger charge is -2.35. The summed E-state index contributed by atoms with van der Waals surface area (Å²) in [5.74, 6) is 1.03. The van der Waals surface area contributed by atoms with Crippen LogP contribution in [0.5, 0.6) is 0 Å². The van der Waals surface area contributed by atoms with Crippen LogP contribution in [0.2, 0.25) is 0 Å². The molecule has 8 nitrogen and oxygen atoms in total. The maximum atomic E-state index is 14.8. The van der Waals surface area contributed by atoms with Gasteiger partial charge >= 0.3 is 0 Å². The Balaban J connectivity index is 0.000000435. The van der Waals surface area contributed by atoms with Gasteiger partial charge in [0.25, 0.3) is 0 Å².